The number of hydrogen-bond acceptors (Lipinski definition) is 2. The third-order valence-electron chi connectivity index (χ3n) is 5.55. The van der Waals surface area contributed by atoms with E-state index >= 15 is 0 Å². The van der Waals surface area contributed by atoms with Crippen molar-refractivity contribution in [2.45, 2.75) is 85.2 Å². The predicted molar refractivity (Wildman–Crippen MR) is 102 cm³/mol. The molecule has 3 N–H and O–H groups in total. The van der Waals surface area contributed by atoms with Crippen molar-refractivity contribution in [3.8, 4) is 0 Å². The Hall–Kier alpha value is -1.10. The second-order valence-corrected chi connectivity index (χ2v) is 9.57. The minimum Gasteiger partial charge on any atom is -0.348 e. The number of hydrogen-bond donors (Lipinski definition) is 3. The Balaban J connectivity index is 2.32. The Kier molecular flexibility index (Phi) is 7.91. The van der Waals surface area contributed by atoms with Crippen molar-refractivity contribution in [1.29, 1.82) is 0 Å². The first kappa shape index (κ1) is 21.9. The molecule has 1 fully saturated rings. The van der Waals surface area contributed by atoms with Crippen LogP contribution < -0.4 is 15.5 Å². The molecule has 1 saturated carbocycles. The molecule has 0 radical (unpaired) electrons. The second-order valence-electron chi connectivity index (χ2n) is 9.57. The summed E-state index contributed by atoms with van der Waals surface area (Å²) in [5.74, 6) is 0.805. The Labute approximate surface area is 154 Å². The minimum absolute atomic E-state index is 0.0138. The van der Waals surface area contributed by atoms with E-state index in [9.17, 15) is 9.59 Å². The van der Waals surface area contributed by atoms with Crippen LogP contribution in [0.5, 0.6) is 0 Å². The molecule has 2 amide bonds. The van der Waals surface area contributed by atoms with Crippen LogP contribution in [0.2, 0.25) is 0 Å². The predicted octanol–water partition coefficient (Wildman–Crippen LogP) is 1.53. The average molecular weight is 355 g/mol. The zero-order valence-corrected chi connectivity index (χ0v) is 17.4. The molecule has 0 aromatic heterocycles. The van der Waals surface area contributed by atoms with E-state index in [-0.39, 0.29) is 17.4 Å². The van der Waals surface area contributed by atoms with Gasteiger partial charge < -0.3 is 15.5 Å². The van der Waals surface area contributed by atoms with Crippen LogP contribution in [0.25, 0.3) is 0 Å². The summed E-state index contributed by atoms with van der Waals surface area (Å²) in [7, 11) is 1.89. The third kappa shape index (κ3) is 8.21. The maximum atomic E-state index is 12.3. The summed E-state index contributed by atoms with van der Waals surface area (Å²) in [5.41, 5.74) is 0.171. The highest BCUT2D eigenvalue weighted by Gasteiger charge is 2.32. The number of nitrogens with one attached hydrogen (secondary N) is 3. The number of likely N-dealkylation sites (N-methyl/N-ethyl adjacent to an activating group) is 1. The fourth-order valence-electron chi connectivity index (χ4n) is 3.66. The lowest BCUT2D eigenvalue weighted by molar-refractivity contribution is -0.862. The Morgan fingerprint density at radius 3 is 1.96 bits per heavy atom. The highest BCUT2D eigenvalue weighted by atomic mass is 16.2. The molecule has 0 bridgehead atoms. The number of carbonyl (C=O) groups is 2. The lowest BCUT2D eigenvalue weighted by Crippen LogP contribution is -3.11. The van der Waals surface area contributed by atoms with Crippen molar-refractivity contribution in [3.05, 3.63) is 0 Å². The van der Waals surface area contributed by atoms with Crippen molar-refractivity contribution in [2.24, 2.45) is 11.3 Å². The zero-order valence-electron chi connectivity index (χ0n) is 17.4. The maximum absolute atomic E-state index is 12.3. The lowest BCUT2D eigenvalue weighted by atomic mass is 9.69. The quantitative estimate of drug-likeness (QED) is 0.649. The fraction of sp³-hybridized carbons (Fsp3) is 0.900. The maximum Gasteiger partial charge on any atom is 0.275 e. The van der Waals surface area contributed by atoms with Gasteiger partial charge in [-0.25, -0.2) is 0 Å². The summed E-state index contributed by atoms with van der Waals surface area (Å²) >= 11 is 0. The van der Waals surface area contributed by atoms with Gasteiger partial charge in [0, 0.05) is 11.6 Å². The number of amides is 2. The van der Waals surface area contributed by atoms with Crippen LogP contribution in [0.1, 0.15) is 73.6 Å². The molecule has 1 aliphatic rings. The summed E-state index contributed by atoms with van der Waals surface area (Å²) < 4.78 is 0. The van der Waals surface area contributed by atoms with E-state index in [1.807, 2.05) is 27.8 Å². The highest BCUT2D eigenvalue weighted by Crippen LogP contribution is 2.40. The molecular formula is C20H40N3O2+. The van der Waals surface area contributed by atoms with Gasteiger partial charge in [0.2, 0.25) is 0 Å². The molecule has 0 heterocycles. The second kappa shape index (κ2) is 9.02. The molecule has 1 atom stereocenters. The highest BCUT2D eigenvalue weighted by molar-refractivity contribution is 5.79. The van der Waals surface area contributed by atoms with E-state index in [1.165, 1.54) is 19.3 Å². The molecule has 0 aromatic carbocycles. The van der Waals surface area contributed by atoms with E-state index < -0.39 is 0 Å². The molecule has 1 aliphatic carbocycles. The smallest absolute Gasteiger partial charge is 0.275 e. The Morgan fingerprint density at radius 2 is 1.48 bits per heavy atom. The molecule has 0 saturated heterocycles. The normalized spacial score (nSPS) is 23.0. The summed E-state index contributed by atoms with van der Waals surface area (Å²) in [6, 6.07) is 0.299. The van der Waals surface area contributed by atoms with Crippen LogP contribution in [0, 0.1) is 11.3 Å². The SMILES string of the molecule is CCC(C)(C)C1CCC(NC(=O)C[NH+](C)CC(=O)NC(C)(C)C)CC1. The molecule has 0 aliphatic heterocycles. The van der Waals surface area contributed by atoms with Gasteiger partial charge in [-0.2, -0.15) is 0 Å². The Morgan fingerprint density at radius 1 is 0.960 bits per heavy atom. The van der Waals surface area contributed by atoms with Crippen molar-refractivity contribution >= 4 is 11.8 Å². The van der Waals surface area contributed by atoms with Crippen LogP contribution in [0.15, 0.2) is 0 Å². The van der Waals surface area contributed by atoms with Crippen LogP contribution in [0.4, 0.5) is 0 Å². The van der Waals surface area contributed by atoms with Gasteiger partial charge >= 0.3 is 0 Å². The molecule has 0 spiro atoms. The van der Waals surface area contributed by atoms with Crippen molar-refractivity contribution < 1.29 is 14.5 Å². The van der Waals surface area contributed by atoms with E-state index in [2.05, 4.69) is 31.4 Å². The third-order valence-corrected chi connectivity index (χ3v) is 5.55. The largest absolute Gasteiger partial charge is 0.348 e. The molecule has 25 heavy (non-hydrogen) atoms. The van der Waals surface area contributed by atoms with Gasteiger partial charge in [-0.1, -0.05) is 27.2 Å². The van der Waals surface area contributed by atoms with Gasteiger partial charge in [0.25, 0.3) is 11.8 Å². The van der Waals surface area contributed by atoms with E-state index in [0.717, 1.165) is 23.7 Å². The van der Waals surface area contributed by atoms with Crippen LogP contribution >= 0.6 is 0 Å². The zero-order chi connectivity index (χ0) is 19.3. The first-order valence-corrected chi connectivity index (χ1v) is 9.84. The molecule has 5 nitrogen and oxygen atoms in total. The van der Waals surface area contributed by atoms with E-state index in [1.54, 1.807) is 0 Å². The number of rotatable bonds is 7. The summed E-state index contributed by atoms with van der Waals surface area (Å²) in [5, 5.41) is 6.11. The summed E-state index contributed by atoms with van der Waals surface area (Å²) in [4.78, 5) is 25.1. The van der Waals surface area contributed by atoms with Gasteiger partial charge in [0.1, 0.15) is 0 Å². The number of quaternary nitrogens is 1. The van der Waals surface area contributed by atoms with E-state index in [0.29, 0.717) is 24.5 Å². The van der Waals surface area contributed by atoms with E-state index in [4.69, 9.17) is 0 Å². The van der Waals surface area contributed by atoms with Gasteiger partial charge in [0.05, 0.1) is 7.05 Å². The van der Waals surface area contributed by atoms with Crippen molar-refractivity contribution in [1.82, 2.24) is 10.6 Å². The molecule has 1 rings (SSSR count). The molecular weight excluding hydrogens is 314 g/mol. The van der Waals surface area contributed by atoms with Gasteiger partial charge in [-0.15, -0.1) is 0 Å². The average Bonchev–Trinajstić information content (AvgIpc) is 2.45. The van der Waals surface area contributed by atoms with Crippen LogP contribution in [-0.2, 0) is 9.59 Å². The fourth-order valence-corrected chi connectivity index (χ4v) is 3.66. The molecule has 5 heteroatoms. The standard InChI is InChI=1S/C20H39N3O2/c1-8-20(5,6)15-9-11-16(12-10-15)21-17(24)13-23(7)14-18(25)22-19(2,3)4/h15-16H,8-14H2,1-7H3,(H,21,24)(H,22,25)/p+1. The molecule has 0 aromatic rings. The molecule has 146 valence electrons. The monoisotopic (exact) mass is 354 g/mol. The van der Waals surface area contributed by atoms with Gasteiger partial charge in [-0.05, 0) is 57.8 Å². The first-order valence-electron chi connectivity index (χ1n) is 9.84. The lowest BCUT2D eigenvalue weighted by Gasteiger charge is -2.39. The topological polar surface area (TPSA) is 62.6 Å². The molecule has 1 unspecified atom stereocenters. The van der Waals surface area contributed by atoms with Gasteiger partial charge in [-0.3, -0.25) is 9.59 Å². The van der Waals surface area contributed by atoms with Crippen LogP contribution in [0.3, 0.4) is 0 Å². The van der Waals surface area contributed by atoms with Crippen molar-refractivity contribution in [3.63, 3.8) is 0 Å². The number of carbonyl (C=O) groups excluding carboxylic acids is 2. The first-order chi connectivity index (χ1) is 11.4. The minimum atomic E-state index is -0.232. The summed E-state index contributed by atoms with van der Waals surface area (Å²) in [6.07, 6.45) is 5.75. The Bertz CT molecular complexity index is 446. The van der Waals surface area contributed by atoms with Crippen molar-refractivity contribution in [2.75, 3.05) is 20.1 Å². The van der Waals surface area contributed by atoms with Crippen LogP contribution in [-0.4, -0.2) is 43.5 Å². The van der Waals surface area contributed by atoms with Gasteiger partial charge in [0.15, 0.2) is 13.1 Å². The summed E-state index contributed by atoms with van der Waals surface area (Å²) in [6.45, 7) is 13.5.